The molecule has 7 heteroatoms. The number of hydrogen-bond donors (Lipinski definition) is 3. The number of fused-ring (bicyclic) bond motifs is 1. The van der Waals surface area contributed by atoms with Crippen molar-refractivity contribution in [2.24, 2.45) is 0 Å². The van der Waals surface area contributed by atoms with Gasteiger partial charge in [-0.3, -0.25) is 9.59 Å². The molecule has 2 rings (SSSR count). The van der Waals surface area contributed by atoms with Crippen LogP contribution in [0, 0.1) is 13.8 Å². The number of carbonyl (C=O) groups is 2. The minimum Gasteiger partial charge on any atom is -0.507 e. The smallest absolute Gasteiger partial charge is 0.322 e. The van der Waals surface area contributed by atoms with E-state index in [9.17, 15) is 14.7 Å². The van der Waals surface area contributed by atoms with Gasteiger partial charge in [-0.05, 0) is 26.0 Å². The first-order chi connectivity index (χ1) is 9.40. The number of benzene rings is 1. The molecular weight excluding hydrogens is 262 g/mol. The average Bonchev–Trinajstić information content (AvgIpc) is 2.38. The van der Waals surface area contributed by atoms with E-state index in [1.54, 1.807) is 19.9 Å². The van der Waals surface area contributed by atoms with Crippen molar-refractivity contribution in [3.05, 3.63) is 29.1 Å². The summed E-state index contributed by atoms with van der Waals surface area (Å²) in [7, 11) is 0. The lowest BCUT2D eigenvalue weighted by Gasteiger charge is -2.09. The molecule has 3 N–H and O–H groups in total. The number of aliphatic carboxylic acids is 1. The van der Waals surface area contributed by atoms with E-state index in [2.05, 4.69) is 15.3 Å². The van der Waals surface area contributed by atoms with E-state index in [0.717, 1.165) is 5.69 Å². The number of aromatic nitrogens is 2. The standard InChI is InChI=1S/C13H13N3O4/c1-6-7(2)16-12-8(15-6)3-4-9(17)11(12)13(20)14-5-10(18)19/h3-4,17H,5H2,1-2H3,(H,14,20)(H,18,19). The maximum absolute atomic E-state index is 12.0. The third kappa shape index (κ3) is 2.51. The van der Waals surface area contributed by atoms with Crippen LogP contribution in [-0.4, -0.2) is 38.6 Å². The second kappa shape index (κ2) is 5.12. The Morgan fingerprint density at radius 3 is 2.50 bits per heavy atom. The van der Waals surface area contributed by atoms with Gasteiger partial charge in [-0.15, -0.1) is 0 Å². The molecule has 2 aromatic rings. The Labute approximate surface area is 114 Å². The van der Waals surface area contributed by atoms with Crippen molar-refractivity contribution < 1.29 is 19.8 Å². The highest BCUT2D eigenvalue weighted by molar-refractivity contribution is 6.07. The first-order valence-corrected chi connectivity index (χ1v) is 5.87. The number of phenols is 1. The molecule has 20 heavy (non-hydrogen) atoms. The first-order valence-electron chi connectivity index (χ1n) is 5.87. The van der Waals surface area contributed by atoms with Crippen molar-refractivity contribution in [3.8, 4) is 5.75 Å². The largest absolute Gasteiger partial charge is 0.507 e. The summed E-state index contributed by atoms with van der Waals surface area (Å²) < 4.78 is 0. The zero-order chi connectivity index (χ0) is 14.9. The number of carbonyl (C=O) groups excluding carboxylic acids is 1. The maximum Gasteiger partial charge on any atom is 0.322 e. The summed E-state index contributed by atoms with van der Waals surface area (Å²) in [5.41, 5.74) is 2.00. The van der Waals surface area contributed by atoms with Crippen LogP contribution in [0.5, 0.6) is 5.75 Å². The summed E-state index contributed by atoms with van der Waals surface area (Å²) in [6.45, 7) is 3.00. The molecule has 0 radical (unpaired) electrons. The quantitative estimate of drug-likeness (QED) is 0.762. The van der Waals surface area contributed by atoms with Crippen LogP contribution in [0.15, 0.2) is 12.1 Å². The Hall–Kier alpha value is -2.70. The van der Waals surface area contributed by atoms with Gasteiger partial charge in [-0.1, -0.05) is 0 Å². The fourth-order valence-electron chi connectivity index (χ4n) is 1.75. The summed E-state index contributed by atoms with van der Waals surface area (Å²) in [5.74, 6) is -2.14. The van der Waals surface area contributed by atoms with Gasteiger partial charge in [-0.25, -0.2) is 9.97 Å². The van der Waals surface area contributed by atoms with Gasteiger partial charge in [-0.2, -0.15) is 0 Å². The lowest BCUT2D eigenvalue weighted by Crippen LogP contribution is -2.29. The molecule has 0 fully saturated rings. The van der Waals surface area contributed by atoms with E-state index in [4.69, 9.17) is 5.11 Å². The van der Waals surface area contributed by atoms with Gasteiger partial charge in [0.1, 0.15) is 23.4 Å². The number of phenolic OH excluding ortho intramolecular Hbond substituents is 1. The Morgan fingerprint density at radius 1 is 1.20 bits per heavy atom. The summed E-state index contributed by atoms with van der Waals surface area (Å²) in [4.78, 5) is 31.0. The zero-order valence-corrected chi connectivity index (χ0v) is 11.0. The van der Waals surface area contributed by atoms with Crippen LogP contribution in [0.2, 0.25) is 0 Å². The molecule has 0 spiro atoms. The van der Waals surface area contributed by atoms with Crippen LogP contribution in [0.4, 0.5) is 0 Å². The number of nitrogens with zero attached hydrogens (tertiary/aromatic N) is 2. The lowest BCUT2D eigenvalue weighted by molar-refractivity contribution is -0.135. The zero-order valence-electron chi connectivity index (χ0n) is 11.0. The topological polar surface area (TPSA) is 112 Å². The monoisotopic (exact) mass is 275 g/mol. The molecule has 0 unspecified atom stereocenters. The highest BCUT2D eigenvalue weighted by atomic mass is 16.4. The molecule has 104 valence electrons. The van der Waals surface area contributed by atoms with E-state index < -0.39 is 18.4 Å². The molecule has 1 aromatic heterocycles. The summed E-state index contributed by atoms with van der Waals surface area (Å²) in [6, 6.07) is 2.89. The summed E-state index contributed by atoms with van der Waals surface area (Å²) in [6.07, 6.45) is 0. The minimum atomic E-state index is -1.17. The number of hydrogen-bond acceptors (Lipinski definition) is 5. The van der Waals surface area contributed by atoms with Gasteiger partial charge in [0.05, 0.1) is 16.9 Å². The molecule has 0 aliphatic carbocycles. The van der Waals surface area contributed by atoms with Gasteiger partial charge in [0.2, 0.25) is 0 Å². The second-order valence-corrected chi connectivity index (χ2v) is 4.30. The molecule has 1 heterocycles. The van der Waals surface area contributed by atoms with E-state index >= 15 is 0 Å². The van der Waals surface area contributed by atoms with Crippen LogP contribution in [0.3, 0.4) is 0 Å². The molecule has 0 atom stereocenters. The van der Waals surface area contributed by atoms with Crippen LogP contribution in [0.1, 0.15) is 21.7 Å². The van der Waals surface area contributed by atoms with Gasteiger partial charge >= 0.3 is 5.97 Å². The van der Waals surface area contributed by atoms with E-state index in [1.807, 2.05) is 0 Å². The normalized spacial score (nSPS) is 10.5. The molecule has 0 saturated heterocycles. The highest BCUT2D eigenvalue weighted by Gasteiger charge is 2.18. The third-order valence-electron chi connectivity index (χ3n) is 2.85. The van der Waals surface area contributed by atoms with Crippen LogP contribution in [-0.2, 0) is 4.79 Å². The second-order valence-electron chi connectivity index (χ2n) is 4.30. The summed E-state index contributed by atoms with van der Waals surface area (Å²) in [5, 5.41) is 20.6. The molecule has 0 aliphatic rings. The number of rotatable bonds is 3. The fraction of sp³-hybridized carbons (Fsp3) is 0.231. The number of amides is 1. The number of nitrogens with one attached hydrogen (secondary N) is 1. The molecule has 0 aliphatic heterocycles. The van der Waals surface area contributed by atoms with E-state index in [0.29, 0.717) is 11.2 Å². The van der Waals surface area contributed by atoms with Crippen LogP contribution >= 0.6 is 0 Å². The first kappa shape index (κ1) is 13.7. The average molecular weight is 275 g/mol. The Morgan fingerprint density at radius 2 is 1.85 bits per heavy atom. The molecule has 1 amide bonds. The Balaban J connectivity index is 2.56. The van der Waals surface area contributed by atoms with Crippen molar-refractivity contribution in [1.29, 1.82) is 0 Å². The number of aryl methyl sites for hydroxylation is 2. The highest BCUT2D eigenvalue weighted by Crippen LogP contribution is 2.25. The Kier molecular flexibility index (Phi) is 3.51. The van der Waals surface area contributed by atoms with Gasteiger partial charge < -0.3 is 15.5 Å². The molecule has 0 saturated carbocycles. The van der Waals surface area contributed by atoms with Crippen molar-refractivity contribution in [3.63, 3.8) is 0 Å². The van der Waals surface area contributed by atoms with Gasteiger partial charge in [0, 0.05) is 0 Å². The number of aromatic hydroxyl groups is 1. The molecule has 1 aromatic carbocycles. The third-order valence-corrected chi connectivity index (χ3v) is 2.85. The lowest BCUT2D eigenvalue weighted by atomic mass is 10.1. The van der Waals surface area contributed by atoms with Crippen molar-refractivity contribution in [2.45, 2.75) is 13.8 Å². The minimum absolute atomic E-state index is 0.0700. The van der Waals surface area contributed by atoms with Crippen molar-refractivity contribution in [2.75, 3.05) is 6.54 Å². The van der Waals surface area contributed by atoms with Crippen LogP contribution in [0.25, 0.3) is 11.0 Å². The molecule has 7 nitrogen and oxygen atoms in total. The van der Waals surface area contributed by atoms with E-state index in [1.165, 1.54) is 6.07 Å². The maximum atomic E-state index is 12.0. The molecular formula is C13H13N3O4. The number of carboxylic acid groups (broad SMARTS) is 1. The predicted molar refractivity (Wildman–Crippen MR) is 70.6 cm³/mol. The van der Waals surface area contributed by atoms with Crippen LogP contribution < -0.4 is 5.32 Å². The van der Waals surface area contributed by atoms with Crippen molar-refractivity contribution in [1.82, 2.24) is 15.3 Å². The van der Waals surface area contributed by atoms with Gasteiger partial charge in [0.25, 0.3) is 5.91 Å². The van der Waals surface area contributed by atoms with Crippen molar-refractivity contribution >= 4 is 22.9 Å². The Bertz CT molecular complexity index is 712. The number of carboxylic acids is 1. The predicted octanol–water partition coefficient (Wildman–Crippen LogP) is 0.767. The summed E-state index contributed by atoms with van der Waals surface area (Å²) >= 11 is 0. The fourth-order valence-corrected chi connectivity index (χ4v) is 1.75. The SMILES string of the molecule is Cc1nc2ccc(O)c(C(=O)NCC(=O)O)c2nc1C. The molecule has 0 bridgehead atoms. The van der Waals surface area contributed by atoms with E-state index in [-0.39, 0.29) is 16.8 Å². The van der Waals surface area contributed by atoms with Gasteiger partial charge in [0.15, 0.2) is 0 Å².